The Balaban J connectivity index is 1.70. The highest BCUT2D eigenvalue weighted by Gasteiger charge is 2.42. The third-order valence-electron chi connectivity index (χ3n) is 6.19. The van der Waals surface area contributed by atoms with Gasteiger partial charge in [-0.25, -0.2) is 0 Å². The summed E-state index contributed by atoms with van der Waals surface area (Å²) in [6, 6.07) is 20.4. The summed E-state index contributed by atoms with van der Waals surface area (Å²) in [5.74, 6) is 0.202. The van der Waals surface area contributed by atoms with Crippen LogP contribution in [-0.2, 0) is 0 Å². The Labute approximate surface area is 213 Å². The molecule has 34 heavy (non-hydrogen) atoms. The van der Waals surface area contributed by atoms with Crippen molar-refractivity contribution < 1.29 is 5.11 Å². The minimum atomic E-state index is -0.176. The van der Waals surface area contributed by atoms with Crippen molar-refractivity contribution in [1.29, 1.82) is 0 Å². The van der Waals surface area contributed by atoms with Gasteiger partial charge in [0, 0.05) is 23.3 Å². The summed E-state index contributed by atoms with van der Waals surface area (Å²) in [7, 11) is 0. The number of aromatic nitrogens is 2. The molecule has 2 aromatic heterocycles. The number of aromatic hydroxyl groups is 1. The van der Waals surface area contributed by atoms with Gasteiger partial charge in [-0.3, -0.25) is 4.98 Å². The third kappa shape index (κ3) is 3.82. The number of hydrogen-bond acceptors (Lipinski definition) is 3. The highest BCUT2D eigenvalue weighted by Crippen LogP contribution is 2.44. The Bertz CT molecular complexity index is 1370. The second kappa shape index (κ2) is 8.95. The van der Waals surface area contributed by atoms with Gasteiger partial charge in [0.2, 0.25) is 0 Å². The molecule has 5 rings (SSSR count). The predicted octanol–water partition coefficient (Wildman–Crippen LogP) is 6.68. The highest BCUT2D eigenvalue weighted by molar-refractivity contribution is 7.80. The summed E-state index contributed by atoms with van der Waals surface area (Å²) < 4.78 is 2.12. The van der Waals surface area contributed by atoms with Gasteiger partial charge >= 0.3 is 0 Å². The van der Waals surface area contributed by atoms with Crippen LogP contribution >= 0.6 is 35.4 Å². The van der Waals surface area contributed by atoms with Crippen molar-refractivity contribution in [2.45, 2.75) is 25.9 Å². The Morgan fingerprint density at radius 3 is 2.47 bits per heavy atom. The number of hydrogen-bond donors (Lipinski definition) is 2. The minimum absolute atomic E-state index is 0.175. The van der Waals surface area contributed by atoms with Gasteiger partial charge in [-0.05, 0) is 86.2 Å². The number of phenols is 1. The van der Waals surface area contributed by atoms with Crippen molar-refractivity contribution in [3.63, 3.8) is 0 Å². The molecule has 1 fully saturated rings. The minimum Gasteiger partial charge on any atom is -0.508 e. The van der Waals surface area contributed by atoms with E-state index >= 15 is 0 Å². The van der Waals surface area contributed by atoms with E-state index in [1.54, 1.807) is 24.4 Å². The zero-order valence-electron chi connectivity index (χ0n) is 18.5. The highest BCUT2D eigenvalue weighted by atomic mass is 35.5. The predicted molar refractivity (Wildman–Crippen MR) is 141 cm³/mol. The Morgan fingerprint density at radius 2 is 1.76 bits per heavy atom. The molecule has 0 unspecified atom stereocenters. The van der Waals surface area contributed by atoms with Crippen molar-refractivity contribution in [2.75, 3.05) is 4.90 Å². The number of phenolic OH excluding ortho intramolecular Hbond substituents is 1. The van der Waals surface area contributed by atoms with Crippen molar-refractivity contribution >= 4 is 46.2 Å². The molecule has 0 radical (unpaired) electrons. The quantitative estimate of drug-likeness (QED) is 0.301. The molecule has 0 saturated carbocycles. The maximum Gasteiger partial charge on any atom is 0.174 e. The largest absolute Gasteiger partial charge is 0.508 e. The maximum atomic E-state index is 9.83. The van der Waals surface area contributed by atoms with Crippen LogP contribution in [0.5, 0.6) is 5.75 Å². The van der Waals surface area contributed by atoms with Gasteiger partial charge in [-0.15, -0.1) is 0 Å². The van der Waals surface area contributed by atoms with Crippen molar-refractivity contribution in [2.24, 2.45) is 0 Å². The summed E-state index contributed by atoms with van der Waals surface area (Å²) in [6.45, 7) is 4.13. The van der Waals surface area contributed by atoms with Gasteiger partial charge in [-0.2, -0.15) is 0 Å². The van der Waals surface area contributed by atoms with Crippen LogP contribution in [0.15, 0.2) is 72.9 Å². The van der Waals surface area contributed by atoms with Crippen LogP contribution in [0.4, 0.5) is 5.69 Å². The van der Waals surface area contributed by atoms with E-state index in [-0.39, 0.29) is 17.8 Å². The number of anilines is 1. The molecule has 1 saturated heterocycles. The van der Waals surface area contributed by atoms with Crippen molar-refractivity contribution in [3.8, 4) is 11.4 Å². The van der Waals surface area contributed by atoms with Crippen molar-refractivity contribution in [1.82, 2.24) is 14.9 Å². The zero-order valence-corrected chi connectivity index (χ0v) is 20.9. The second-order valence-electron chi connectivity index (χ2n) is 8.25. The number of aryl methyl sites for hydroxylation is 1. The number of halogens is 2. The van der Waals surface area contributed by atoms with Crippen LogP contribution in [0.25, 0.3) is 5.69 Å². The van der Waals surface area contributed by atoms with Crippen LogP contribution < -0.4 is 10.2 Å². The van der Waals surface area contributed by atoms with Crippen LogP contribution in [0.2, 0.25) is 10.0 Å². The molecule has 172 valence electrons. The first-order chi connectivity index (χ1) is 16.4. The molecule has 0 aliphatic carbocycles. The van der Waals surface area contributed by atoms with E-state index in [0.717, 1.165) is 34.0 Å². The fourth-order valence-corrected chi connectivity index (χ4v) is 5.41. The molecule has 1 aliphatic heterocycles. The lowest BCUT2D eigenvalue weighted by Gasteiger charge is -2.28. The molecule has 3 heterocycles. The zero-order chi connectivity index (χ0) is 24.0. The van der Waals surface area contributed by atoms with Crippen molar-refractivity contribution in [3.05, 3.63) is 106 Å². The molecule has 0 spiro atoms. The number of nitrogens with one attached hydrogen (secondary N) is 1. The average molecular weight is 509 g/mol. The first-order valence-corrected chi connectivity index (χ1v) is 12.0. The van der Waals surface area contributed by atoms with E-state index in [0.29, 0.717) is 15.2 Å². The summed E-state index contributed by atoms with van der Waals surface area (Å²) in [5, 5.41) is 14.9. The van der Waals surface area contributed by atoms with E-state index < -0.39 is 0 Å². The van der Waals surface area contributed by atoms with E-state index in [1.165, 1.54) is 0 Å². The first kappa shape index (κ1) is 22.7. The number of benzene rings is 2. The summed E-state index contributed by atoms with van der Waals surface area (Å²) >= 11 is 18.7. The van der Waals surface area contributed by atoms with E-state index in [1.807, 2.05) is 42.5 Å². The van der Waals surface area contributed by atoms with Crippen LogP contribution in [0, 0.1) is 13.8 Å². The lowest BCUT2D eigenvalue weighted by atomic mass is 9.96. The van der Waals surface area contributed by atoms with Crippen LogP contribution in [-0.4, -0.2) is 19.8 Å². The van der Waals surface area contributed by atoms with Gasteiger partial charge in [0.25, 0.3) is 0 Å². The summed E-state index contributed by atoms with van der Waals surface area (Å²) in [5.41, 5.74) is 5.74. The summed E-state index contributed by atoms with van der Waals surface area (Å²) in [6.07, 6.45) is 1.79. The molecule has 2 atom stereocenters. The number of rotatable bonds is 4. The topological polar surface area (TPSA) is 53.3 Å². The third-order valence-corrected chi connectivity index (χ3v) is 7.31. The SMILES string of the molecule is Cc1cc([C@H]2[C@H](c3ccccn3)NC(=S)N2c2ccc(O)cc2)c(C)n1-c1cccc(Cl)c1Cl. The monoisotopic (exact) mass is 508 g/mol. The number of thiocarbonyl (C=S) groups is 1. The molecular weight excluding hydrogens is 487 g/mol. The van der Waals surface area contributed by atoms with Gasteiger partial charge in [0.05, 0.1) is 33.5 Å². The molecule has 1 aliphatic rings. The number of nitrogens with zero attached hydrogens (tertiary/aromatic N) is 3. The van der Waals surface area contributed by atoms with Gasteiger partial charge in [0.1, 0.15) is 5.75 Å². The molecule has 2 N–H and O–H groups in total. The van der Waals surface area contributed by atoms with Crippen LogP contribution in [0.3, 0.4) is 0 Å². The van der Waals surface area contributed by atoms with Gasteiger partial charge in [-0.1, -0.05) is 35.3 Å². The van der Waals surface area contributed by atoms with E-state index in [9.17, 15) is 5.11 Å². The lowest BCUT2D eigenvalue weighted by molar-refractivity contribution is 0.475. The molecule has 5 nitrogen and oxygen atoms in total. The smallest absolute Gasteiger partial charge is 0.174 e. The Morgan fingerprint density at radius 1 is 1.00 bits per heavy atom. The van der Waals surface area contributed by atoms with Crippen LogP contribution in [0.1, 0.15) is 34.7 Å². The lowest BCUT2D eigenvalue weighted by Crippen LogP contribution is -2.29. The fraction of sp³-hybridized carbons (Fsp3) is 0.154. The normalized spacial score (nSPS) is 17.8. The standard InChI is InChI=1S/C26H22Cl2N4OS/c1-15-14-19(16(2)31(15)22-8-5-6-20(27)23(22)28)25-24(21-7-3-4-13-29-21)30-26(34)32(25)17-9-11-18(33)12-10-17/h3-14,24-25,33H,1-2H3,(H,30,34)/t24-,25-/m0/s1. The maximum absolute atomic E-state index is 9.83. The molecule has 8 heteroatoms. The number of pyridine rings is 1. The van der Waals surface area contributed by atoms with Gasteiger partial charge in [0.15, 0.2) is 5.11 Å². The van der Waals surface area contributed by atoms with E-state index in [4.69, 9.17) is 35.4 Å². The first-order valence-electron chi connectivity index (χ1n) is 10.8. The van der Waals surface area contributed by atoms with E-state index in [2.05, 4.69) is 39.7 Å². The van der Waals surface area contributed by atoms with Gasteiger partial charge < -0.3 is 19.9 Å². The molecular formula is C26H22Cl2N4OS. The molecule has 4 aromatic rings. The Hall–Kier alpha value is -3.06. The average Bonchev–Trinajstić information content (AvgIpc) is 3.32. The summed E-state index contributed by atoms with van der Waals surface area (Å²) in [4.78, 5) is 6.70. The fourth-order valence-electron chi connectivity index (χ4n) is 4.69. The molecule has 0 amide bonds. The second-order valence-corrected chi connectivity index (χ2v) is 9.42. The molecule has 0 bridgehead atoms. The molecule has 2 aromatic carbocycles. The Kier molecular flexibility index (Phi) is 5.98.